The zero-order valence-electron chi connectivity index (χ0n) is 13.9. The predicted octanol–water partition coefficient (Wildman–Crippen LogP) is 2.51. The van der Waals surface area contributed by atoms with Gasteiger partial charge in [-0.3, -0.25) is 9.36 Å². The molecule has 0 unspecified atom stereocenters. The first-order valence-electron chi connectivity index (χ1n) is 8.03. The number of hydrogen-bond acceptors (Lipinski definition) is 4. The minimum absolute atomic E-state index is 0.0251. The Kier molecular flexibility index (Phi) is 5.20. The van der Waals surface area contributed by atoms with Gasteiger partial charge < -0.3 is 9.80 Å². The summed E-state index contributed by atoms with van der Waals surface area (Å²) in [6, 6.07) is 6.13. The van der Waals surface area contributed by atoms with Gasteiger partial charge in [0.05, 0.1) is 6.20 Å². The topological polar surface area (TPSA) is 41.4 Å². The molecule has 0 aliphatic carbocycles. The number of imidazole rings is 1. The van der Waals surface area contributed by atoms with Gasteiger partial charge in [0.2, 0.25) is 0 Å². The molecule has 0 spiro atoms. The first-order valence-corrected chi connectivity index (χ1v) is 9.25. The van der Waals surface area contributed by atoms with E-state index in [1.165, 1.54) is 23.9 Å². The molecule has 0 saturated carbocycles. The van der Waals surface area contributed by atoms with Gasteiger partial charge in [0.15, 0.2) is 5.16 Å². The molecule has 0 atom stereocenters. The second-order valence-corrected chi connectivity index (χ2v) is 6.44. The first kappa shape index (κ1) is 17.0. The SMILES string of the molecule is CCN1CCN(C(=O)c2cnc(SC)n2-c2ccc(F)cc2)CC1. The van der Waals surface area contributed by atoms with Crippen LogP contribution in [-0.4, -0.2) is 64.2 Å². The molecule has 128 valence electrons. The molecule has 1 fully saturated rings. The third-order valence-electron chi connectivity index (χ3n) is 4.32. The van der Waals surface area contributed by atoms with Crippen molar-refractivity contribution in [3.05, 3.63) is 42.0 Å². The van der Waals surface area contributed by atoms with Crippen LogP contribution in [0.4, 0.5) is 4.39 Å². The van der Waals surface area contributed by atoms with Crippen molar-refractivity contribution in [3.8, 4) is 5.69 Å². The Balaban J connectivity index is 1.89. The third kappa shape index (κ3) is 3.32. The lowest BCUT2D eigenvalue weighted by Crippen LogP contribution is -2.48. The number of likely N-dealkylation sites (N-methyl/N-ethyl adjacent to an activating group) is 1. The van der Waals surface area contributed by atoms with Crippen molar-refractivity contribution in [2.24, 2.45) is 0 Å². The summed E-state index contributed by atoms with van der Waals surface area (Å²) in [4.78, 5) is 21.5. The summed E-state index contributed by atoms with van der Waals surface area (Å²) in [5, 5.41) is 0.720. The Labute approximate surface area is 145 Å². The highest BCUT2D eigenvalue weighted by atomic mass is 32.2. The summed E-state index contributed by atoms with van der Waals surface area (Å²) in [6.45, 7) is 6.36. The number of hydrogen-bond donors (Lipinski definition) is 0. The van der Waals surface area contributed by atoms with Gasteiger partial charge in [-0.15, -0.1) is 0 Å². The van der Waals surface area contributed by atoms with Crippen LogP contribution in [0.15, 0.2) is 35.6 Å². The van der Waals surface area contributed by atoms with Crippen molar-refractivity contribution in [2.45, 2.75) is 12.1 Å². The van der Waals surface area contributed by atoms with Crippen LogP contribution in [-0.2, 0) is 0 Å². The summed E-state index contributed by atoms with van der Waals surface area (Å²) >= 11 is 1.46. The Morgan fingerprint density at radius 3 is 2.46 bits per heavy atom. The monoisotopic (exact) mass is 348 g/mol. The number of carbonyl (C=O) groups excluding carboxylic acids is 1. The average Bonchev–Trinajstić information content (AvgIpc) is 3.06. The third-order valence-corrected chi connectivity index (χ3v) is 4.98. The number of rotatable bonds is 4. The lowest BCUT2D eigenvalue weighted by molar-refractivity contribution is 0.0635. The van der Waals surface area contributed by atoms with Gasteiger partial charge in [0.25, 0.3) is 5.91 Å². The van der Waals surface area contributed by atoms with E-state index < -0.39 is 0 Å². The second-order valence-electron chi connectivity index (χ2n) is 5.67. The van der Waals surface area contributed by atoms with Crippen molar-refractivity contribution in [1.29, 1.82) is 0 Å². The highest BCUT2D eigenvalue weighted by Gasteiger charge is 2.25. The summed E-state index contributed by atoms with van der Waals surface area (Å²) in [7, 11) is 0. The molecule has 3 rings (SSSR count). The molecule has 0 bridgehead atoms. The van der Waals surface area contributed by atoms with E-state index in [0.29, 0.717) is 5.69 Å². The van der Waals surface area contributed by atoms with Crippen LogP contribution in [0.5, 0.6) is 0 Å². The molecular formula is C17H21FN4OS. The van der Waals surface area contributed by atoms with E-state index in [0.717, 1.165) is 43.6 Å². The van der Waals surface area contributed by atoms with Gasteiger partial charge in [-0.2, -0.15) is 0 Å². The Bertz CT molecular complexity index is 708. The molecule has 7 heteroatoms. The standard InChI is InChI=1S/C17H21FN4OS/c1-3-20-8-10-21(11-9-20)16(23)15-12-19-17(24-2)22(15)14-6-4-13(18)5-7-14/h4-7,12H,3,8-11H2,1-2H3. The van der Waals surface area contributed by atoms with Gasteiger partial charge >= 0.3 is 0 Å². The Morgan fingerprint density at radius 1 is 1.21 bits per heavy atom. The number of nitrogens with zero attached hydrogens (tertiary/aromatic N) is 4. The normalized spacial score (nSPS) is 15.7. The summed E-state index contributed by atoms with van der Waals surface area (Å²) in [6.07, 6.45) is 3.53. The smallest absolute Gasteiger partial charge is 0.272 e. The van der Waals surface area contributed by atoms with E-state index in [2.05, 4.69) is 16.8 Å². The zero-order chi connectivity index (χ0) is 17.1. The van der Waals surface area contributed by atoms with Gasteiger partial charge in [-0.25, -0.2) is 9.37 Å². The number of aromatic nitrogens is 2. The van der Waals surface area contributed by atoms with Gasteiger partial charge in [0, 0.05) is 31.9 Å². The lowest BCUT2D eigenvalue weighted by atomic mass is 10.2. The van der Waals surface area contributed by atoms with Crippen LogP contribution in [0.1, 0.15) is 17.4 Å². The Hall–Kier alpha value is -1.86. The van der Waals surface area contributed by atoms with Crippen LogP contribution < -0.4 is 0 Å². The fourth-order valence-electron chi connectivity index (χ4n) is 2.90. The van der Waals surface area contributed by atoms with Crippen LogP contribution in [0, 0.1) is 5.82 Å². The van der Waals surface area contributed by atoms with Gasteiger partial charge in [-0.1, -0.05) is 18.7 Å². The van der Waals surface area contributed by atoms with Crippen molar-refractivity contribution < 1.29 is 9.18 Å². The molecular weight excluding hydrogens is 327 g/mol. The Morgan fingerprint density at radius 2 is 1.88 bits per heavy atom. The van der Waals surface area contributed by atoms with Crippen molar-refractivity contribution >= 4 is 17.7 Å². The molecule has 1 amide bonds. The molecule has 1 saturated heterocycles. The number of piperazine rings is 1. The molecule has 5 nitrogen and oxygen atoms in total. The van der Waals surface area contributed by atoms with Crippen molar-refractivity contribution in [3.63, 3.8) is 0 Å². The van der Waals surface area contributed by atoms with E-state index >= 15 is 0 Å². The van der Waals surface area contributed by atoms with E-state index in [1.807, 2.05) is 11.2 Å². The van der Waals surface area contributed by atoms with E-state index in [4.69, 9.17) is 0 Å². The first-order chi connectivity index (χ1) is 11.6. The van der Waals surface area contributed by atoms with Crippen LogP contribution >= 0.6 is 11.8 Å². The summed E-state index contributed by atoms with van der Waals surface area (Å²) < 4.78 is 15.0. The number of halogens is 1. The molecule has 1 aromatic carbocycles. The summed E-state index contributed by atoms with van der Waals surface area (Å²) in [5.41, 5.74) is 1.27. The van der Waals surface area contributed by atoms with E-state index in [-0.39, 0.29) is 11.7 Å². The lowest BCUT2D eigenvalue weighted by Gasteiger charge is -2.34. The summed E-state index contributed by atoms with van der Waals surface area (Å²) in [5.74, 6) is -0.323. The second kappa shape index (κ2) is 7.36. The molecule has 2 heterocycles. The van der Waals surface area contributed by atoms with Gasteiger partial charge in [-0.05, 0) is 37.1 Å². The van der Waals surface area contributed by atoms with Crippen LogP contribution in [0.2, 0.25) is 0 Å². The van der Waals surface area contributed by atoms with E-state index in [1.54, 1.807) is 22.9 Å². The van der Waals surface area contributed by atoms with Crippen molar-refractivity contribution in [1.82, 2.24) is 19.4 Å². The molecule has 1 aromatic heterocycles. The molecule has 1 aliphatic rings. The van der Waals surface area contributed by atoms with Crippen LogP contribution in [0.3, 0.4) is 0 Å². The highest BCUT2D eigenvalue weighted by Crippen LogP contribution is 2.23. The maximum absolute atomic E-state index is 13.2. The maximum atomic E-state index is 13.2. The largest absolute Gasteiger partial charge is 0.335 e. The van der Waals surface area contributed by atoms with Crippen LogP contribution in [0.25, 0.3) is 5.69 Å². The van der Waals surface area contributed by atoms with Gasteiger partial charge in [0.1, 0.15) is 11.5 Å². The van der Waals surface area contributed by atoms with E-state index in [9.17, 15) is 9.18 Å². The molecule has 1 aliphatic heterocycles. The quantitative estimate of drug-likeness (QED) is 0.796. The molecule has 24 heavy (non-hydrogen) atoms. The predicted molar refractivity (Wildman–Crippen MR) is 93.3 cm³/mol. The fraction of sp³-hybridized carbons (Fsp3) is 0.412. The average molecular weight is 348 g/mol. The maximum Gasteiger partial charge on any atom is 0.272 e. The number of thioether (sulfide) groups is 1. The minimum atomic E-state index is -0.298. The molecule has 0 radical (unpaired) electrons. The number of amides is 1. The molecule has 0 N–H and O–H groups in total. The number of benzene rings is 1. The number of carbonyl (C=O) groups is 1. The van der Waals surface area contributed by atoms with Crippen molar-refractivity contribution in [2.75, 3.05) is 39.0 Å². The minimum Gasteiger partial charge on any atom is -0.335 e. The highest BCUT2D eigenvalue weighted by molar-refractivity contribution is 7.98. The fourth-order valence-corrected chi connectivity index (χ4v) is 3.44. The zero-order valence-corrected chi connectivity index (χ0v) is 14.7. The molecule has 2 aromatic rings.